The predicted molar refractivity (Wildman–Crippen MR) is 69.2 cm³/mol. The van der Waals surface area contributed by atoms with Crippen LogP contribution >= 0.6 is 11.6 Å². The van der Waals surface area contributed by atoms with Crippen molar-refractivity contribution in [2.75, 3.05) is 7.11 Å². The van der Waals surface area contributed by atoms with E-state index in [0.29, 0.717) is 5.75 Å². The van der Waals surface area contributed by atoms with Gasteiger partial charge >= 0.3 is 5.97 Å². The van der Waals surface area contributed by atoms with Crippen LogP contribution in [0.5, 0.6) is 5.75 Å². The Labute approximate surface area is 115 Å². The van der Waals surface area contributed by atoms with Crippen LogP contribution in [0.2, 0.25) is 5.15 Å². The molecule has 0 spiro atoms. The van der Waals surface area contributed by atoms with Gasteiger partial charge in [0, 0.05) is 0 Å². The lowest BCUT2D eigenvalue weighted by atomic mass is 10.2. The van der Waals surface area contributed by atoms with Gasteiger partial charge in [-0.3, -0.25) is 0 Å². The molecule has 0 N–H and O–H groups in total. The first-order valence-electron chi connectivity index (χ1n) is 5.46. The van der Waals surface area contributed by atoms with Gasteiger partial charge in [0.05, 0.1) is 19.5 Å². The summed E-state index contributed by atoms with van der Waals surface area (Å²) in [6.45, 7) is 0.139. The molecule has 1 aromatic carbocycles. The lowest BCUT2D eigenvalue weighted by Gasteiger charge is -2.06. The van der Waals surface area contributed by atoms with Crippen LogP contribution in [0.3, 0.4) is 0 Å². The Balaban J connectivity index is 1.98. The number of ether oxygens (including phenoxy) is 2. The van der Waals surface area contributed by atoms with Crippen LogP contribution in [0.25, 0.3) is 0 Å². The van der Waals surface area contributed by atoms with Crippen molar-refractivity contribution in [1.82, 2.24) is 9.97 Å². The highest BCUT2D eigenvalue weighted by molar-refractivity contribution is 6.29. The summed E-state index contributed by atoms with van der Waals surface area (Å²) in [5, 5.41) is 0.226. The van der Waals surface area contributed by atoms with Crippen LogP contribution in [0.4, 0.5) is 0 Å². The minimum atomic E-state index is -0.549. The van der Waals surface area contributed by atoms with Crippen LogP contribution in [0.15, 0.2) is 36.7 Å². The Morgan fingerprint density at radius 3 is 2.84 bits per heavy atom. The zero-order valence-corrected chi connectivity index (χ0v) is 10.9. The summed E-state index contributed by atoms with van der Waals surface area (Å²) in [4.78, 5) is 19.3. The van der Waals surface area contributed by atoms with Gasteiger partial charge in [-0.2, -0.15) is 0 Å². The molecule has 0 amide bonds. The van der Waals surface area contributed by atoms with Crippen LogP contribution in [-0.2, 0) is 11.3 Å². The van der Waals surface area contributed by atoms with E-state index >= 15 is 0 Å². The SMILES string of the molecule is COc1cccc(COC(=O)c2cnc(Cl)cn2)c1. The van der Waals surface area contributed by atoms with Gasteiger partial charge in [-0.25, -0.2) is 14.8 Å². The Morgan fingerprint density at radius 1 is 1.32 bits per heavy atom. The monoisotopic (exact) mass is 278 g/mol. The van der Waals surface area contributed by atoms with Crippen molar-refractivity contribution in [3.8, 4) is 5.75 Å². The number of hydrogen-bond donors (Lipinski definition) is 0. The van der Waals surface area contributed by atoms with E-state index in [4.69, 9.17) is 21.1 Å². The minimum Gasteiger partial charge on any atom is -0.497 e. The Hall–Kier alpha value is -2.14. The molecule has 0 aliphatic carbocycles. The van der Waals surface area contributed by atoms with Crippen LogP contribution in [-0.4, -0.2) is 23.0 Å². The van der Waals surface area contributed by atoms with Crippen LogP contribution in [0.1, 0.15) is 16.1 Å². The highest BCUT2D eigenvalue weighted by Gasteiger charge is 2.09. The van der Waals surface area contributed by atoms with Crippen molar-refractivity contribution in [2.24, 2.45) is 0 Å². The Kier molecular flexibility index (Phi) is 4.30. The van der Waals surface area contributed by atoms with Gasteiger partial charge in [0.1, 0.15) is 17.5 Å². The summed E-state index contributed by atoms with van der Waals surface area (Å²) in [6.07, 6.45) is 2.57. The lowest BCUT2D eigenvalue weighted by Crippen LogP contribution is -2.07. The number of halogens is 1. The van der Waals surface area contributed by atoms with E-state index in [2.05, 4.69) is 9.97 Å². The van der Waals surface area contributed by atoms with Gasteiger partial charge in [-0.15, -0.1) is 0 Å². The topological polar surface area (TPSA) is 61.3 Å². The molecular weight excluding hydrogens is 268 g/mol. The Morgan fingerprint density at radius 2 is 2.16 bits per heavy atom. The molecule has 0 radical (unpaired) electrons. The molecule has 2 rings (SSSR count). The fourth-order valence-electron chi connectivity index (χ4n) is 1.40. The molecule has 0 bridgehead atoms. The first kappa shape index (κ1) is 13.3. The van der Waals surface area contributed by atoms with Crippen molar-refractivity contribution in [3.05, 3.63) is 53.1 Å². The number of benzene rings is 1. The zero-order valence-electron chi connectivity index (χ0n) is 10.2. The summed E-state index contributed by atoms with van der Waals surface area (Å²) < 4.78 is 10.2. The maximum absolute atomic E-state index is 11.7. The normalized spacial score (nSPS) is 10.0. The van der Waals surface area contributed by atoms with E-state index in [0.717, 1.165) is 5.56 Å². The highest BCUT2D eigenvalue weighted by atomic mass is 35.5. The smallest absolute Gasteiger partial charge is 0.358 e. The zero-order chi connectivity index (χ0) is 13.7. The second-order valence-corrected chi connectivity index (χ2v) is 4.04. The first-order chi connectivity index (χ1) is 9.19. The molecule has 0 aliphatic heterocycles. The number of methoxy groups -OCH3 is 1. The molecule has 5 nitrogen and oxygen atoms in total. The quantitative estimate of drug-likeness (QED) is 0.804. The highest BCUT2D eigenvalue weighted by Crippen LogP contribution is 2.13. The number of carbonyl (C=O) groups is 1. The summed E-state index contributed by atoms with van der Waals surface area (Å²) in [5.41, 5.74) is 0.946. The van der Waals surface area contributed by atoms with Gasteiger partial charge in [0.25, 0.3) is 0 Å². The van der Waals surface area contributed by atoms with E-state index in [1.54, 1.807) is 13.2 Å². The molecule has 0 fully saturated rings. The molecule has 0 saturated carbocycles. The average Bonchev–Trinajstić information content (AvgIpc) is 2.46. The molecule has 0 unspecified atom stereocenters. The number of aromatic nitrogens is 2. The Bertz CT molecular complexity index is 572. The van der Waals surface area contributed by atoms with Crippen molar-refractivity contribution < 1.29 is 14.3 Å². The van der Waals surface area contributed by atoms with E-state index in [-0.39, 0.29) is 17.5 Å². The summed E-state index contributed by atoms with van der Waals surface area (Å²) >= 11 is 5.58. The molecule has 98 valence electrons. The lowest BCUT2D eigenvalue weighted by molar-refractivity contribution is 0.0465. The van der Waals surface area contributed by atoms with E-state index < -0.39 is 5.97 Å². The van der Waals surface area contributed by atoms with Gasteiger partial charge in [0.15, 0.2) is 5.69 Å². The number of nitrogens with zero attached hydrogens (tertiary/aromatic N) is 2. The standard InChI is InChI=1S/C13H11ClN2O3/c1-18-10-4-2-3-9(5-10)8-19-13(17)11-6-16-12(14)7-15-11/h2-7H,8H2,1H3. The second-order valence-electron chi connectivity index (χ2n) is 3.65. The second kappa shape index (κ2) is 6.15. The molecule has 19 heavy (non-hydrogen) atoms. The molecule has 1 aromatic heterocycles. The fraction of sp³-hybridized carbons (Fsp3) is 0.154. The predicted octanol–water partition coefficient (Wildman–Crippen LogP) is 2.50. The number of esters is 1. The molecule has 2 aromatic rings. The summed E-state index contributed by atoms with van der Waals surface area (Å²) in [6, 6.07) is 7.27. The van der Waals surface area contributed by atoms with Gasteiger partial charge in [-0.1, -0.05) is 23.7 Å². The van der Waals surface area contributed by atoms with Gasteiger partial charge in [0.2, 0.25) is 0 Å². The number of rotatable bonds is 4. The van der Waals surface area contributed by atoms with Crippen molar-refractivity contribution in [2.45, 2.75) is 6.61 Å². The van der Waals surface area contributed by atoms with Crippen molar-refractivity contribution in [1.29, 1.82) is 0 Å². The van der Waals surface area contributed by atoms with E-state index in [9.17, 15) is 4.79 Å². The summed E-state index contributed by atoms with van der Waals surface area (Å²) in [7, 11) is 1.58. The molecule has 1 heterocycles. The minimum absolute atomic E-state index is 0.118. The van der Waals surface area contributed by atoms with E-state index in [1.165, 1.54) is 12.4 Å². The number of hydrogen-bond acceptors (Lipinski definition) is 5. The van der Waals surface area contributed by atoms with Crippen molar-refractivity contribution in [3.63, 3.8) is 0 Å². The van der Waals surface area contributed by atoms with Gasteiger partial charge < -0.3 is 9.47 Å². The number of carbonyl (C=O) groups excluding carboxylic acids is 1. The van der Waals surface area contributed by atoms with Crippen LogP contribution < -0.4 is 4.74 Å². The first-order valence-corrected chi connectivity index (χ1v) is 5.84. The maximum atomic E-state index is 11.7. The molecular formula is C13H11ClN2O3. The third-order valence-electron chi connectivity index (χ3n) is 2.33. The van der Waals surface area contributed by atoms with Gasteiger partial charge in [-0.05, 0) is 17.7 Å². The third-order valence-corrected chi connectivity index (χ3v) is 2.53. The van der Waals surface area contributed by atoms with Crippen LogP contribution in [0, 0.1) is 0 Å². The molecule has 6 heteroatoms. The largest absolute Gasteiger partial charge is 0.497 e. The van der Waals surface area contributed by atoms with Crippen molar-refractivity contribution >= 4 is 17.6 Å². The third kappa shape index (κ3) is 3.66. The maximum Gasteiger partial charge on any atom is 0.358 e. The molecule has 0 aliphatic rings. The van der Waals surface area contributed by atoms with E-state index in [1.807, 2.05) is 18.2 Å². The molecule has 0 atom stereocenters. The molecule has 0 saturated heterocycles. The fourth-order valence-corrected chi connectivity index (χ4v) is 1.50. The average molecular weight is 279 g/mol. The summed E-state index contributed by atoms with van der Waals surface area (Å²) in [5.74, 6) is 0.159.